The van der Waals surface area contributed by atoms with Crippen LogP contribution in [0.1, 0.15) is 15.9 Å². The van der Waals surface area contributed by atoms with Gasteiger partial charge >= 0.3 is 5.97 Å². The van der Waals surface area contributed by atoms with E-state index < -0.39 is 17.1 Å². The number of ether oxygens (including phenoxy) is 1. The van der Waals surface area contributed by atoms with Crippen LogP contribution in [0.2, 0.25) is 10.0 Å². The summed E-state index contributed by atoms with van der Waals surface area (Å²) in [6.45, 7) is 0. The SMILES string of the molecule is O=C1NC(=O)/C(=C/c2ccccc2C(=O)Oc2ccc(Cl)c(Cl)c2)S1. The van der Waals surface area contributed by atoms with Gasteiger partial charge in [0.25, 0.3) is 11.1 Å². The Balaban J connectivity index is 1.88. The number of imide groups is 1. The van der Waals surface area contributed by atoms with E-state index in [1.807, 2.05) is 0 Å². The second kappa shape index (κ2) is 7.31. The van der Waals surface area contributed by atoms with Crippen LogP contribution < -0.4 is 10.1 Å². The fourth-order valence-corrected chi connectivity index (χ4v) is 3.03. The Morgan fingerprint density at radius 2 is 1.84 bits per heavy atom. The van der Waals surface area contributed by atoms with Crippen LogP contribution in [-0.4, -0.2) is 17.1 Å². The van der Waals surface area contributed by atoms with E-state index in [0.29, 0.717) is 10.6 Å². The molecule has 1 aliphatic rings. The van der Waals surface area contributed by atoms with Crippen molar-refractivity contribution in [1.82, 2.24) is 5.32 Å². The lowest BCUT2D eigenvalue weighted by atomic mass is 10.1. The normalized spacial score (nSPS) is 15.4. The summed E-state index contributed by atoms with van der Waals surface area (Å²) >= 11 is 12.5. The molecule has 126 valence electrons. The monoisotopic (exact) mass is 393 g/mol. The van der Waals surface area contributed by atoms with E-state index in [1.165, 1.54) is 24.3 Å². The van der Waals surface area contributed by atoms with Gasteiger partial charge in [0.05, 0.1) is 20.5 Å². The number of benzene rings is 2. The van der Waals surface area contributed by atoms with Crippen LogP contribution in [0.5, 0.6) is 5.75 Å². The highest BCUT2D eigenvalue weighted by atomic mass is 35.5. The molecule has 1 saturated heterocycles. The number of halogens is 2. The van der Waals surface area contributed by atoms with E-state index in [1.54, 1.807) is 24.3 Å². The van der Waals surface area contributed by atoms with Gasteiger partial charge in [0.15, 0.2) is 0 Å². The number of carbonyl (C=O) groups is 3. The highest BCUT2D eigenvalue weighted by molar-refractivity contribution is 8.18. The zero-order valence-corrected chi connectivity index (χ0v) is 14.7. The third-order valence-electron chi connectivity index (χ3n) is 3.21. The predicted molar refractivity (Wildman–Crippen MR) is 97.0 cm³/mol. The van der Waals surface area contributed by atoms with Crippen molar-refractivity contribution in [2.75, 3.05) is 0 Å². The van der Waals surface area contributed by atoms with Crippen molar-refractivity contribution in [3.63, 3.8) is 0 Å². The smallest absolute Gasteiger partial charge is 0.344 e. The van der Waals surface area contributed by atoms with Crippen LogP contribution in [0.3, 0.4) is 0 Å². The largest absolute Gasteiger partial charge is 0.423 e. The average Bonchev–Trinajstić information content (AvgIpc) is 2.89. The summed E-state index contributed by atoms with van der Waals surface area (Å²) in [6, 6.07) is 11.1. The first-order valence-corrected chi connectivity index (χ1v) is 8.52. The zero-order chi connectivity index (χ0) is 18.0. The second-order valence-electron chi connectivity index (χ2n) is 4.90. The van der Waals surface area contributed by atoms with E-state index in [2.05, 4.69) is 5.32 Å². The van der Waals surface area contributed by atoms with Crippen molar-refractivity contribution >= 4 is 58.2 Å². The molecule has 25 heavy (non-hydrogen) atoms. The molecule has 0 aromatic heterocycles. The highest BCUT2D eigenvalue weighted by Crippen LogP contribution is 2.29. The Bertz CT molecular complexity index is 927. The van der Waals surface area contributed by atoms with Gasteiger partial charge in [0, 0.05) is 6.07 Å². The number of hydrogen-bond acceptors (Lipinski definition) is 5. The lowest BCUT2D eigenvalue weighted by molar-refractivity contribution is -0.115. The van der Waals surface area contributed by atoms with Crippen LogP contribution in [0.25, 0.3) is 6.08 Å². The predicted octanol–water partition coefficient (Wildman–Crippen LogP) is 4.54. The van der Waals surface area contributed by atoms with E-state index in [0.717, 1.165) is 11.8 Å². The number of carbonyl (C=O) groups excluding carboxylic acids is 3. The molecular formula is C17H9Cl2NO4S. The molecule has 0 atom stereocenters. The molecule has 2 amide bonds. The van der Waals surface area contributed by atoms with Gasteiger partial charge in [-0.15, -0.1) is 0 Å². The fourth-order valence-electron chi connectivity index (χ4n) is 2.07. The molecule has 2 aromatic carbocycles. The van der Waals surface area contributed by atoms with Gasteiger partial charge in [-0.3, -0.25) is 14.9 Å². The molecule has 0 radical (unpaired) electrons. The minimum absolute atomic E-state index is 0.208. The molecule has 1 heterocycles. The Morgan fingerprint density at radius 3 is 2.52 bits per heavy atom. The van der Waals surface area contributed by atoms with Crippen LogP contribution >= 0.6 is 35.0 Å². The van der Waals surface area contributed by atoms with Crippen LogP contribution in [0.15, 0.2) is 47.4 Å². The lowest BCUT2D eigenvalue weighted by Crippen LogP contribution is -2.18. The molecule has 0 bridgehead atoms. The lowest BCUT2D eigenvalue weighted by Gasteiger charge is -2.08. The molecule has 0 spiro atoms. The quantitative estimate of drug-likeness (QED) is 0.470. The Kier molecular flexibility index (Phi) is 5.13. The van der Waals surface area contributed by atoms with Gasteiger partial charge in [-0.25, -0.2) is 4.79 Å². The minimum Gasteiger partial charge on any atom is -0.423 e. The number of hydrogen-bond donors (Lipinski definition) is 1. The van der Waals surface area contributed by atoms with Gasteiger partial charge in [-0.2, -0.15) is 0 Å². The van der Waals surface area contributed by atoms with Gasteiger partial charge in [-0.05, 0) is 41.6 Å². The summed E-state index contributed by atoms with van der Waals surface area (Å²) in [5, 5.41) is 2.32. The highest BCUT2D eigenvalue weighted by Gasteiger charge is 2.25. The second-order valence-corrected chi connectivity index (χ2v) is 6.73. The maximum Gasteiger partial charge on any atom is 0.344 e. The summed E-state index contributed by atoms with van der Waals surface area (Å²) in [5.74, 6) is -0.881. The van der Waals surface area contributed by atoms with E-state index in [9.17, 15) is 14.4 Å². The molecule has 0 aliphatic carbocycles. The van der Waals surface area contributed by atoms with Gasteiger partial charge in [0.1, 0.15) is 5.75 Å². The molecule has 1 aliphatic heterocycles. The molecule has 8 heteroatoms. The number of rotatable bonds is 3. The fraction of sp³-hybridized carbons (Fsp3) is 0. The van der Waals surface area contributed by atoms with Crippen molar-refractivity contribution in [3.05, 3.63) is 68.5 Å². The van der Waals surface area contributed by atoms with Crippen molar-refractivity contribution in [1.29, 1.82) is 0 Å². The van der Waals surface area contributed by atoms with Crippen LogP contribution in [-0.2, 0) is 4.79 Å². The first-order valence-electron chi connectivity index (χ1n) is 6.95. The van der Waals surface area contributed by atoms with Crippen molar-refractivity contribution in [3.8, 4) is 5.75 Å². The molecule has 1 fully saturated rings. The van der Waals surface area contributed by atoms with Crippen LogP contribution in [0.4, 0.5) is 4.79 Å². The Hall–Kier alpha value is -2.28. The maximum absolute atomic E-state index is 12.4. The third kappa shape index (κ3) is 4.04. The van der Waals surface area contributed by atoms with E-state index >= 15 is 0 Å². The molecule has 1 N–H and O–H groups in total. The standard InChI is InChI=1S/C17H9Cl2NO4S/c18-12-6-5-10(8-13(12)19)24-16(22)11-4-2-1-3-9(11)7-14-15(21)20-17(23)25-14/h1-8H,(H,20,21,23)/b14-7-. The van der Waals surface area contributed by atoms with Gasteiger partial charge in [-0.1, -0.05) is 41.4 Å². The summed E-state index contributed by atoms with van der Waals surface area (Å²) in [4.78, 5) is 35.6. The molecule has 3 rings (SSSR count). The number of nitrogens with one attached hydrogen (secondary N) is 1. The summed E-state index contributed by atoms with van der Waals surface area (Å²) < 4.78 is 5.30. The van der Waals surface area contributed by atoms with Gasteiger partial charge < -0.3 is 4.74 Å². The zero-order valence-electron chi connectivity index (χ0n) is 12.4. The van der Waals surface area contributed by atoms with E-state index in [-0.39, 0.29) is 21.2 Å². The average molecular weight is 394 g/mol. The Morgan fingerprint density at radius 1 is 1.08 bits per heavy atom. The topological polar surface area (TPSA) is 72.5 Å². The first kappa shape index (κ1) is 17.5. The van der Waals surface area contributed by atoms with Crippen molar-refractivity contribution in [2.45, 2.75) is 0 Å². The maximum atomic E-state index is 12.4. The third-order valence-corrected chi connectivity index (χ3v) is 4.76. The van der Waals surface area contributed by atoms with Crippen molar-refractivity contribution in [2.24, 2.45) is 0 Å². The molecular weight excluding hydrogens is 385 g/mol. The van der Waals surface area contributed by atoms with Crippen molar-refractivity contribution < 1.29 is 19.1 Å². The molecule has 2 aromatic rings. The van der Waals surface area contributed by atoms with Crippen LogP contribution in [0, 0.1) is 0 Å². The summed E-state index contributed by atoms with van der Waals surface area (Å²) in [7, 11) is 0. The summed E-state index contributed by atoms with van der Waals surface area (Å²) in [5.41, 5.74) is 0.703. The molecule has 5 nitrogen and oxygen atoms in total. The molecule has 0 saturated carbocycles. The van der Waals surface area contributed by atoms with Gasteiger partial charge in [0.2, 0.25) is 0 Å². The first-order chi connectivity index (χ1) is 11.9. The summed E-state index contributed by atoms with van der Waals surface area (Å²) in [6.07, 6.45) is 1.47. The number of esters is 1. The Labute approximate surface area is 156 Å². The number of amides is 2. The minimum atomic E-state index is -0.624. The number of thioether (sulfide) groups is 1. The van der Waals surface area contributed by atoms with E-state index in [4.69, 9.17) is 27.9 Å². The molecule has 0 unspecified atom stereocenters.